The van der Waals surface area contributed by atoms with Crippen LogP contribution in [0, 0.1) is 0 Å². The number of para-hydroxylation sites is 1. The molecule has 2 aromatic carbocycles. The summed E-state index contributed by atoms with van der Waals surface area (Å²) in [5, 5.41) is 6.37. The molecule has 3 amide bonds. The van der Waals surface area contributed by atoms with Gasteiger partial charge in [0.15, 0.2) is 0 Å². The van der Waals surface area contributed by atoms with E-state index in [1.807, 2.05) is 43.9 Å². The van der Waals surface area contributed by atoms with E-state index in [1.54, 1.807) is 0 Å². The lowest BCUT2D eigenvalue weighted by Gasteiger charge is -2.31. The molecular weight excluding hydrogens is 448 g/mol. The van der Waals surface area contributed by atoms with E-state index in [-0.39, 0.29) is 11.9 Å². The van der Waals surface area contributed by atoms with Gasteiger partial charge in [-0.15, -0.1) is 0 Å². The Hall–Kier alpha value is -3.12. The molecule has 6 nitrogen and oxygen atoms in total. The van der Waals surface area contributed by atoms with E-state index in [1.165, 1.54) is 0 Å². The van der Waals surface area contributed by atoms with Gasteiger partial charge in [-0.2, -0.15) is 0 Å². The third kappa shape index (κ3) is 6.97. The van der Waals surface area contributed by atoms with Crippen molar-refractivity contribution in [3.05, 3.63) is 71.3 Å². The number of carbonyl (C=O) groups is 2. The van der Waals surface area contributed by atoms with Crippen LogP contribution in [-0.4, -0.2) is 54.5 Å². The zero-order valence-corrected chi connectivity index (χ0v) is 22.6. The normalized spacial score (nSPS) is 14.8. The number of nitrogens with one attached hydrogen (secondary N) is 2. The number of allylic oxidation sites excluding steroid dienone is 1. The smallest absolute Gasteiger partial charge is 0.318 e. The first-order valence-electron chi connectivity index (χ1n) is 13.1. The predicted octanol–water partition coefficient (Wildman–Crippen LogP) is 5.44. The van der Waals surface area contributed by atoms with Crippen molar-refractivity contribution in [3.63, 3.8) is 0 Å². The predicted molar refractivity (Wildman–Crippen MR) is 149 cm³/mol. The Labute approximate surface area is 216 Å². The first kappa shape index (κ1) is 27.5. The highest BCUT2D eigenvalue weighted by Crippen LogP contribution is 2.25. The van der Waals surface area contributed by atoms with E-state index in [0.29, 0.717) is 26.2 Å². The number of aryl methyl sites for hydroxylation is 2. The molecule has 0 radical (unpaired) electrons. The molecule has 6 heteroatoms. The monoisotopic (exact) mass is 490 g/mol. The van der Waals surface area contributed by atoms with Crippen molar-refractivity contribution in [2.24, 2.45) is 0 Å². The molecule has 0 aliphatic carbocycles. The standard InChI is InChI=1S/C30H42N4O2/c1-7-23-12-9-13-24(8-2)28(23)31-27(35)21-33-16-11-17-34(19-18-33)29(36)32-30(5,6)26-15-10-14-25(20-26)22(3)4/h9-10,12-15,20H,3,7-8,11,16-19,21H2,1-2,4-6H3,(H,31,35)(H,32,36). The fraction of sp³-hybridized carbons (Fsp3) is 0.467. The summed E-state index contributed by atoms with van der Waals surface area (Å²) >= 11 is 0. The molecule has 0 saturated carbocycles. The summed E-state index contributed by atoms with van der Waals surface area (Å²) in [6, 6.07) is 14.3. The zero-order chi connectivity index (χ0) is 26.3. The summed E-state index contributed by atoms with van der Waals surface area (Å²) in [6.45, 7) is 17.3. The number of hydrogen-bond acceptors (Lipinski definition) is 3. The maximum absolute atomic E-state index is 13.2. The highest BCUT2D eigenvalue weighted by Gasteiger charge is 2.27. The van der Waals surface area contributed by atoms with E-state index in [9.17, 15) is 9.59 Å². The van der Waals surface area contributed by atoms with Crippen LogP contribution in [-0.2, 0) is 23.2 Å². The molecule has 1 saturated heterocycles. The van der Waals surface area contributed by atoms with Gasteiger partial charge in [0.25, 0.3) is 0 Å². The van der Waals surface area contributed by atoms with Crippen molar-refractivity contribution < 1.29 is 9.59 Å². The third-order valence-corrected chi connectivity index (χ3v) is 7.00. The summed E-state index contributed by atoms with van der Waals surface area (Å²) < 4.78 is 0. The first-order chi connectivity index (χ1) is 17.1. The van der Waals surface area contributed by atoms with Crippen LogP contribution in [0.1, 0.15) is 63.3 Å². The van der Waals surface area contributed by atoms with Gasteiger partial charge in [0.1, 0.15) is 0 Å². The fourth-order valence-corrected chi connectivity index (χ4v) is 4.71. The Morgan fingerprint density at radius 1 is 0.972 bits per heavy atom. The molecule has 0 atom stereocenters. The minimum Gasteiger partial charge on any atom is -0.329 e. The SMILES string of the molecule is C=C(C)c1cccc(C(C)(C)NC(=O)N2CCCN(CC(=O)Nc3c(CC)cccc3CC)CC2)c1. The minimum atomic E-state index is -0.516. The molecule has 2 aromatic rings. The average Bonchev–Trinajstić information content (AvgIpc) is 3.09. The maximum Gasteiger partial charge on any atom is 0.318 e. The van der Waals surface area contributed by atoms with E-state index in [2.05, 4.69) is 60.2 Å². The number of hydrogen-bond donors (Lipinski definition) is 2. The third-order valence-electron chi connectivity index (χ3n) is 7.00. The molecule has 1 heterocycles. The van der Waals surface area contributed by atoms with Crippen LogP contribution in [0.5, 0.6) is 0 Å². The fourth-order valence-electron chi connectivity index (χ4n) is 4.71. The van der Waals surface area contributed by atoms with Crippen molar-refractivity contribution in [1.29, 1.82) is 0 Å². The van der Waals surface area contributed by atoms with Crippen LogP contribution in [0.15, 0.2) is 49.0 Å². The summed E-state index contributed by atoms with van der Waals surface area (Å²) in [6.07, 6.45) is 2.59. The van der Waals surface area contributed by atoms with Crippen molar-refractivity contribution in [3.8, 4) is 0 Å². The molecule has 3 rings (SSSR count). The van der Waals surface area contributed by atoms with Crippen molar-refractivity contribution in [2.45, 2.75) is 59.4 Å². The number of urea groups is 1. The van der Waals surface area contributed by atoms with E-state index < -0.39 is 5.54 Å². The summed E-state index contributed by atoms with van der Waals surface area (Å²) in [7, 11) is 0. The van der Waals surface area contributed by atoms with Crippen LogP contribution >= 0.6 is 0 Å². The number of carbonyl (C=O) groups excluding carboxylic acids is 2. The van der Waals surface area contributed by atoms with Crippen LogP contribution in [0.4, 0.5) is 10.5 Å². The molecule has 1 aliphatic heterocycles. The summed E-state index contributed by atoms with van der Waals surface area (Å²) in [5.74, 6) is 0.00188. The topological polar surface area (TPSA) is 64.7 Å². The van der Waals surface area contributed by atoms with Gasteiger partial charge >= 0.3 is 6.03 Å². The van der Waals surface area contributed by atoms with E-state index >= 15 is 0 Å². The van der Waals surface area contributed by atoms with E-state index in [0.717, 1.165) is 59.3 Å². The van der Waals surface area contributed by atoms with Gasteiger partial charge in [0.05, 0.1) is 12.1 Å². The molecule has 2 N–H and O–H groups in total. The molecule has 36 heavy (non-hydrogen) atoms. The number of benzene rings is 2. The highest BCUT2D eigenvalue weighted by molar-refractivity contribution is 5.93. The second kappa shape index (κ2) is 12.2. The Kier molecular flexibility index (Phi) is 9.32. The van der Waals surface area contributed by atoms with Crippen molar-refractivity contribution in [1.82, 2.24) is 15.1 Å². The average molecular weight is 491 g/mol. The number of amides is 3. The maximum atomic E-state index is 13.2. The number of rotatable bonds is 8. The van der Waals surface area contributed by atoms with Gasteiger partial charge in [-0.25, -0.2) is 4.79 Å². The van der Waals surface area contributed by atoms with Gasteiger partial charge in [0, 0.05) is 31.9 Å². The van der Waals surface area contributed by atoms with Crippen molar-refractivity contribution >= 4 is 23.2 Å². The Bertz CT molecular complexity index is 1070. The molecule has 0 aromatic heterocycles. The van der Waals surface area contributed by atoms with Gasteiger partial charge in [-0.05, 0) is 68.4 Å². The molecular formula is C30H42N4O2. The molecule has 194 valence electrons. The first-order valence-corrected chi connectivity index (χ1v) is 13.1. The second-order valence-corrected chi connectivity index (χ2v) is 10.2. The van der Waals surface area contributed by atoms with Crippen LogP contribution in [0.3, 0.4) is 0 Å². The minimum absolute atomic E-state index is 0.00188. The van der Waals surface area contributed by atoms with E-state index in [4.69, 9.17) is 0 Å². The Morgan fingerprint density at radius 3 is 2.28 bits per heavy atom. The lowest BCUT2D eigenvalue weighted by molar-refractivity contribution is -0.117. The quantitative estimate of drug-likeness (QED) is 0.518. The molecule has 1 aliphatic rings. The highest BCUT2D eigenvalue weighted by atomic mass is 16.2. The van der Waals surface area contributed by atoms with Crippen molar-refractivity contribution in [2.75, 3.05) is 38.0 Å². The lowest BCUT2D eigenvalue weighted by Crippen LogP contribution is -2.49. The van der Waals surface area contributed by atoms with Gasteiger partial charge in [-0.1, -0.05) is 62.4 Å². The number of nitrogens with zero attached hydrogens (tertiary/aromatic N) is 2. The summed E-state index contributed by atoms with van der Waals surface area (Å²) in [5.41, 5.74) is 5.89. The zero-order valence-electron chi connectivity index (χ0n) is 22.6. The number of anilines is 1. The van der Waals surface area contributed by atoms with Gasteiger partial charge in [-0.3, -0.25) is 9.69 Å². The molecule has 0 spiro atoms. The molecule has 0 unspecified atom stereocenters. The molecule has 1 fully saturated rings. The molecule has 0 bridgehead atoms. The Balaban J connectivity index is 1.57. The lowest BCUT2D eigenvalue weighted by atomic mass is 9.92. The largest absolute Gasteiger partial charge is 0.329 e. The van der Waals surface area contributed by atoms with Crippen LogP contribution in [0.25, 0.3) is 5.57 Å². The Morgan fingerprint density at radius 2 is 1.64 bits per heavy atom. The van der Waals surface area contributed by atoms with Crippen LogP contribution in [0.2, 0.25) is 0 Å². The van der Waals surface area contributed by atoms with Gasteiger partial charge < -0.3 is 15.5 Å². The van der Waals surface area contributed by atoms with Crippen LogP contribution < -0.4 is 10.6 Å². The summed E-state index contributed by atoms with van der Waals surface area (Å²) in [4.78, 5) is 30.1. The second-order valence-electron chi connectivity index (χ2n) is 10.2. The van der Waals surface area contributed by atoms with Gasteiger partial charge in [0.2, 0.25) is 5.91 Å².